The molecule has 104 valence electrons. The molecule has 7 heteroatoms. The first kappa shape index (κ1) is 15.2. The van der Waals surface area contributed by atoms with Crippen LogP contribution in [0.15, 0.2) is 29.2 Å². The van der Waals surface area contributed by atoms with E-state index in [4.69, 9.17) is 9.52 Å². The number of hydrogen-bond donors (Lipinski definition) is 3. The van der Waals surface area contributed by atoms with Crippen molar-refractivity contribution in [1.29, 1.82) is 0 Å². The molecule has 1 heterocycles. The molecule has 2 amide bonds. The Balaban J connectivity index is 2.18. The molecule has 19 heavy (non-hydrogen) atoms. The van der Waals surface area contributed by atoms with Crippen molar-refractivity contribution in [3.63, 3.8) is 0 Å². The molecule has 0 aliphatic rings. The van der Waals surface area contributed by atoms with Crippen LogP contribution in [0.5, 0.6) is 0 Å². The molecule has 0 saturated heterocycles. The van der Waals surface area contributed by atoms with Gasteiger partial charge in [0.15, 0.2) is 0 Å². The normalized spacial score (nSPS) is 9.89. The Morgan fingerprint density at radius 3 is 2.84 bits per heavy atom. The van der Waals surface area contributed by atoms with Crippen molar-refractivity contribution in [2.75, 3.05) is 18.1 Å². The summed E-state index contributed by atoms with van der Waals surface area (Å²) in [7, 11) is 0. The standard InChI is InChI=1S/C12H16N2O4S/c1-2-6-19-7-5-13-12(17)14-8-9-3-4-10(18-9)11(15)16/h2-4H,1,5-8H2,(H,15,16)(H2,13,14,17). The van der Waals surface area contributed by atoms with Crippen LogP contribution in [0.25, 0.3) is 0 Å². The van der Waals surface area contributed by atoms with Gasteiger partial charge in [0.1, 0.15) is 5.76 Å². The van der Waals surface area contributed by atoms with Crippen molar-refractivity contribution in [2.45, 2.75) is 6.54 Å². The highest BCUT2D eigenvalue weighted by Gasteiger charge is 2.09. The maximum Gasteiger partial charge on any atom is 0.371 e. The number of furan rings is 1. The summed E-state index contributed by atoms with van der Waals surface area (Å²) in [5.74, 6) is 0.790. The van der Waals surface area contributed by atoms with Gasteiger partial charge in [0.2, 0.25) is 5.76 Å². The largest absolute Gasteiger partial charge is 0.475 e. The molecule has 1 aromatic rings. The molecule has 0 bridgehead atoms. The van der Waals surface area contributed by atoms with Crippen molar-refractivity contribution in [2.24, 2.45) is 0 Å². The predicted molar refractivity (Wildman–Crippen MR) is 73.4 cm³/mol. The molecule has 0 saturated carbocycles. The van der Waals surface area contributed by atoms with Crippen LogP contribution in [0.3, 0.4) is 0 Å². The minimum Gasteiger partial charge on any atom is -0.475 e. The second-order valence-electron chi connectivity index (χ2n) is 3.54. The highest BCUT2D eigenvalue weighted by Crippen LogP contribution is 2.07. The van der Waals surface area contributed by atoms with Gasteiger partial charge < -0.3 is 20.2 Å². The number of urea groups is 1. The highest BCUT2D eigenvalue weighted by molar-refractivity contribution is 7.99. The molecule has 0 unspecified atom stereocenters. The van der Waals surface area contributed by atoms with Crippen LogP contribution < -0.4 is 10.6 Å². The summed E-state index contributed by atoms with van der Waals surface area (Å²) in [6.07, 6.45) is 1.81. The van der Waals surface area contributed by atoms with Crippen molar-refractivity contribution in [3.8, 4) is 0 Å². The molecular formula is C12H16N2O4S. The van der Waals surface area contributed by atoms with Crippen molar-refractivity contribution in [3.05, 3.63) is 36.3 Å². The summed E-state index contributed by atoms with van der Waals surface area (Å²) >= 11 is 1.67. The van der Waals surface area contributed by atoms with Crippen molar-refractivity contribution < 1.29 is 19.1 Å². The highest BCUT2D eigenvalue weighted by atomic mass is 32.2. The smallest absolute Gasteiger partial charge is 0.371 e. The summed E-state index contributed by atoms with van der Waals surface area (Å²) in [6.45, 7) is 4.31. The molecule has 6 nitrogen and oxygen atoms in total. The summed E-state index contributed by atoms with van der Waals surface area (Å²) < 4.78 is 5.00. The van der Waals surface area contributed by atoms with Gasteiger partial charge in [-0.1, -0.05) is 6.08 Å². The van der Waals surface area contributed by atoms with E-state index < -0.39 is 5.97 Å². The maximum absolute atomic E-state index is 11.4. The van der Waals surface area contributed by atoms with E-state index in [0.717, 1.165) is 11.5 Å². The van der Waals surface area contributed by atoms with Gasteiger partial charge >= 0.3 is 12.0 Å². The summed E-state index contributed by atoms with van der Waals surface area (Å²) in [6, 6.07) is 2.56. The van der Waals surface area contributed by atoms with Crippen LogP contribution in [0, 0.1) is 0 Å². The predicted octanol–water partition coefficient (Wildman–Crippen LogP) is 1.70. The number of carbonyl (C=O) groups is 2. The quantitative estimate of drug-likeness (QED) is 0.499. The minimum atomic E-state index is -1.13. The lowest BCUT2D eigenvalue weighted by Gasteiger charge is -2.05. The first-order valence-corrected chi connectivity index (χ1v) is 6.81. The lowest BCUT2D eigenvalue weighted by Crippen LogP contribution is -2.36. The van der Waals surface area contributed by atoms with E-state index in [1.807, 2.05) is 6.08 Å². The number of hydrogen-bond acceptors (Lipinski definition) is 4. The van der Waals surface area contributed by atoms with Crippen LogP contribution in [0.1, 0.15) is 16.3 Å². The molecule has 0 spiro atoms. The number of carboxylic acids is 1. The van der Waals surface area contributed by atoms with E-state index in [2.05, 4.69) is 17.2 Å². The zero-order valence-corrected chi connectivity index (χ0v) is 11.2. The number of rotatable bonds is 8. The second-order valence-corrected chi connectivity index (χ2v) is 4.69. The molecule has 0 aromatic carbocycles. The van der Waals surface area contributed by atoms with Crippen LogP contribution >= 0.6 is 11.8 Å². The van der Waals surface area contributed by atoms with E-state index in [1.165, 1.54) is 12.1 Å². The summed E-state index contributed by atoms with van der Waals surface area (Å²) in [5.41, 5.74) is 0. The third-order valence-electron chi connectivity index (χ3n) is 2.06. The topological polar surface area (TPSA) is 91.6 Å². The van der Waals surface area contributed by atoms with E-state index in [0.29, 0.717) is 12.3 Å². The van der Waals surface area contributed by atoms with Gasteiger partial charge in [-0.05, 0) is 12.1 Å². The van der Waals surface area contributed by atoms with Gasteiger partial charge in [-0.2, -0.15) is 11.8 Å². The van der Waals surface area contributed by atoms with E-state index >= 15 is 0 Å². The van der Waals surface area contributed by atoms with Crippen LogP contribution in [-0.2, 0) is 6.54 Å². The Labute approximate surface area is 115 Å². The monoisotopic (exact) mass is 284 g/mol. The van der Waals surface area contributed by atoms with Crippen molar-refractivity contribution in [1.82, 2.24) is 10.6 Å². The minimum absolute atomic E-state index is 0.141. The van der Waals surface area contributed by atoms with Crippen LogP contribution in [0.2, 0.25) is 0 Å². The Hall–Kier alpha value is -1.89. The average molecular weight is 284 g/mol. The van der Waals surface area contributed by atoms with Gasteiger partial charge in [-0.3, -0.25) is 0 Å². The van der Waals surface area contributed by atoms with E-state index in [9.17, 15) is 9.59 Å². The zero-order chi connectivity index (χ0) is 14.1. The Kier molecular flexibility index (Phi) is 6.59. The summed E-state index contributed by atoms with van der Waals surface area (Å²) in [5, 5.41) is 13.9. The second kappa shape index (κ2) is 8.25. The van der Waals surface area contributed by atoms with Gasteiger partial charge in [0.25, 0.3) is 0 Å². The maximum atomic E-state index is 11.4. The van der Waals surface area contributed by atoms with Gasteiger partial charge in [-0.25, -0.2) is 9.59 Å². The number of aromatic carboxylic acids is 1. The molecule has 3 N–H and O–H groups in total. The fourth-order valence-corrected chi connectivity index (χ4v) is 1.80. The lowest BCUT2D eigenvalue weighted by atomic mass is 10.4. The number of thioether (sulfide) groups is 1. The number of nitrogens with one attached hydrogen (secondary N) is 2. The molecule has 1 aromatic heterocycles. The SMILES string of the molecule is C=CCSCCNC(=O)NCc1ccc(C(=O)O)o1. The Morgan fingerprint density at radius 1 is 1.42 bits per heavy atom. The fourth-order valence-electron chi connectivity index (χ4n) is 1.22. The zero-order valence-electron chi connectivity index (χ0n) is 10.3. The molecule has 0 atom stereocenters. The fraction of sp³-hybridized carbons (Fsp3) is 0.333. The third kappa shape index (κ3) is 6.01. The molecule has 1 rings (SSSR count). The first-order valence-electron chi connectivity index (χ1n) is 5.66. The van der Waals surface area contributed by atoms with Crippen LogP contribution in [-0.4, -0.2) is 35.2 Å². The molecular weight excluding hydrogens is 268 g/mol. The third-order valence-corrected chi connectivity index (χ3v) is 3.03. The number of amides is 2. The van der Waals surface area contributed by atoms with Crippen molar-refractivity contribution >= 4 is 23.8 Å². The first-order chi connectivity index (χ1) is 9.13. The molecule has 0 radical (unpaired) electrons. The van der Waals surface area contributed by atoms with Crippen LogP contribution in [0.4, 0.5) is 4.79 Å². The van der Waals surface area contributed by atoms with E-state index in [1.54, 1.807) is 11.8 Å². The number of carbonyl (C=O) groups excluding carboxylic acids is 1. The Morgan fingerprint density at radius 2 is 2.21 bits per heavy atom. The van der Waals surface area contributed by atoms with E-state index in [-0.39, 0.29) is 18.3 Å². The Bertz CT molecular complexity index is 445. The van der Waals surface area contributed by atoms with Gasteiger partial charge in [0, 0.05) is 18.1 Å². The lowest BCUT2D eigenvalue weighted by molar-refractivity contribution is 0.0660. The van der Waals surface area contributed by atoms with Gasteiger partial charge in [0.05, 0.1) is 6.54 Å². The number of carboxylic acid groups (broad SMARTS) is 1. The molecule has 0 fully saturated rings. The van der Waals surface area contributed by atoms with Gasteiger partial charge in [-0.15, -0.1) is 6.58 Å². The summed E-state index contributed by atoms with van der Waals surface area (Å²) in [4.78, 5) is 22.0. The molecule has 0 aliphatic carbocycles. The average Bonchev–Trinajstić information content (AvgIpc) is 2.85. The molecule has 0 aliphatic heterocycles.